The molecule has 1 heterocycles. The third-order valence-corrected chi connectivity index (χ3v) is 4.90. The molecule has 3 aromatic carbocycles. The van der Waals surface area contributed by atoms with Crippen LogP contribution in [0.3, 0.4) is 0 Å². The lowest BCUT2D eigenvalue weighted by Crippen LogP contribution is -1.99. The van der Waals surface area contributed by atoms with Gasteiger partial charge >= 0.3 is 0 Å². The molecule has 0 aliphatic rings. The van der Waals surface area contributed by atoms with E-state index in [0.717, 1.165) is 32.9 Å². The standard InChI is InChI=1S/C23H17BrN2/c1-3-21-22(4-2)26(20-8-6-5-7-9-20)23(25-21)18-11-10-17-15-19(24)13-12-16(17)14-18/h3-15H,1-2H2. The van der Waals surface area contributed by atoms with E-state index in [1.54, 1.807) is 6.08 Å². The van der Waals surface area contributed by atoms with Crippen LogP contribution in [0.5, 0.6) is 0 Å². The Labute approximate surface area is 161 Å². The number of fused-ring (bicyclic) bond motifs is 1. The van der Waals surface area contributed by atoms with Gasteiger partial charge in [-0.05, 0) is 53.3 Å². The molecule has 3 heteroatoms. The summed E-state index contributed by atoms with van der Waals surface area (Å²) >= 11 is 3.53. The Bertz CT molecular complexity index is 1120. The van der Waals surface area contributed by atoms with E-state index < -0.39 is 0 Å². The summed E-state index contributed by atoms with van der Waals surface area (Å²) in [4.78, 5) is 4.83. The van der Waals surface area contributed by atoms with Gasteiger partial charge in [0.15, 0.2) is 0 Å². The number of rotatable bonds is 4. The first kappa shape index (κ1) is 16.6. The van der Waals surface area contributed by atoms with Crippen molar-refractivity contribution in [1.29, 1.82) is 0 Å². The first-order chi connectivity index (χ1) is 12.7. The van der Waals surface area contributed by atoms with Crippen molar-refractivity contribution in [2.45, 2.75) is 0 Å². The molecule has 26 heavy (non-hydrogen) atoms. The number of halogens is 1. The summed E-state index contributed by atoms with van der Waals surface area (Å²) in [6.45, 7) is 7.89. The van der Waals surface area contributed by atoms with E-state index in [-0.39, 0.29) is 0 Å². The Morgan fingerprint density at radius 2 is 1.58 bits per heavy atom. The Balaban J connectivity index is 1.99. The van der Waals surface area contributed by atoms with Gasteiger partial charge in [-0.2, -0.15) is 0 Å². The van der Waals surface area contributed by atoms with Crippen molar-refractivity contribution in [2.24, 2.45) is 0 Å². The summed E-state index contributed by atoms with van der Waals surface area (Å²) in [5.74, 6) is 0.880. The van der Waals surface area contributed by atoms with Gasteiger partial charge in [0, 0.05) is 15.7 Å². The lowest BCUT2D eigenvalue weighted by molar-refractivity contribution is 1.05. The SMILES string of the molecule is C=Cc1nc(-c2ccc3cc(Br)ccc3c2)n(-c2ccccc2)c1C=C. The average molecular weight is 401 g/mol. The summed E-state index contributed by atoms with van der Waals surface area (Å²) < 4.78 is 3.20. The van der Waals surface area contributed by atoms with Gasteiger partial charge in [0.25, 0.3) is 0 Å². The zero-order valence-electron chi connectivity index (χ0n) is 14.2. The highest BCUT2D eigenvalue weighted by molar-refractivity contribution is 9.10. The molecule has 1 aromatic heterocycles. The molecule has 0 spiro atoms. The number of hydrogen-bond donors (Lipinski definition) is 0. The van der Waals surface area contributed by atoms with E-state index in [0.29, 0.717) is 0 Å². The van der Waals surface area contributed by atoms with Crippen LogP contribution in [0.2, 0.25) is 0 Å². The predicted molar refractivity (Wildman–Crippen MR) is 114 cm³/mol. The Hall–Kier alpha value is -2.91. The van der Waals surface area contributed by atoms with Crippen molar-refractivity contribution in [3.05, 3.63) is 95.7 Å². The van der Waals surface area contributed by atoms with Gasteiger partial charge in [-0.1, -0.05) is 65.5 Å². The lowest BCUT2D eigenvalue weighted by atomic mass is 10.1. The maximum absolute atomic E-state index is 4.83. The predicted octanol–water partition coefficient (Wildman–Crippen LogP) is 6.74. The zero-order chi connectivity index (χ0) is 18.1. The van der Waals surface area contributed by atoms with E-state index in [1.807, 2.05) is 24.3 Å². The molecule has 0 unspecified atom stereocenters. The summed E-state index contributed by atoms with van der Waals surface area (Å²) in [6.07, 6.45) is 3.61. The van der Waals surface area contributed by atoms with Crippen LogP contribution in [0.1, 0.15) is 11.4 Å². The minimum absolute atomic E-state index is 0.828. The molecule has 0 radical (unpaired) electrons. The van der Waals surface area contributed by atoms with Crippen LogP contribution in [-0.2, 0) is 0 Å². The fourth-order valence-corrected chi connectivity index (χ4v) is 3.56. The highest BCUT2D eigenvalue weighted by atomic mass is 79.9. The molecule has 4 rings (SSSR count). The molecular formula is C23H17BrN2. The van der Waals surface area contributed by atoms with Crippen LogP contribution in [-0.4, -0.2) is 9.55 Å². The smallest absolute Gasteiger partial charge is 0.145 e. The third-order valence-electron chi connectivity index (χ3n) is 4.40. The number of imidazole rings is 1. The van der Waals surface area contributed by atoms with Crippen LogP contribution < -0.4 is 0 Å². The number of aromatic nitrogens is 2. The van der Waals surface area contributed by atoms with Gasteiger partial charge in [-0.3, -0.25) is 4.57 Å². The third kappa shape index (κ3) is 2.80. The van der Waals surface area contributed by atoms with E-state index in [2.05, 4.69) is 82.2 Å². The molecule has 0 fully saturated rings. The van der Waals surface area contributed by atoms with Crippen LogP contribution in [0.25, 0.3) is 40.0 Å². The number of hydrogen-bond acceptors (Lipinski definition) is 1. The molecule has 0 atom stereocenters. The van der Waals surface area contributed by atoms with E-state index in [4.69, 9.17) is 4.98 Å². The van der Waals surface area contributed by atoms with Crippen molar-refractivity contribution >= 4 is 38.9 Å². The Kier molecular flexibility index (Phi) is 4.31. The fraction of sp³-hybridized carbons (Fsp3) is 0. The molecule has 0 amide bonds. The van der Waals surface area contributed by atoms with Gasteiger partial charge in [-0.25, -0.2) is 4.98 Å². The van der Waals surface area contributed by atoms with Gasteiger partial charge in [0.05, 0.1) is 11.4 Å². The lowest BCUT2D eigenvalue weighted by Gasteiger charge is -2.11. The average Bonchev–Trinajstić information content (AvgIpc) is 3.07. The summed E-state index contributed by atoms with van der Waals surface area (Å²) in [7, 11) is 0. The molecular weight excluding hydrogens is 384 g/mol. The first-order valence-corrected chi connectivity index (χ1v) is 9.13. The molecule has 0 bridgehead atoms. The monoisotopic (exact) mass is 400 g/mol. The molecule has 0 N–H and O–H groups in total. The van der Waals surface area contributed by atoms with Crippen molar-refractivity contribution in [2.75, 3.05) is 0 Å². The maximum atomic E-state index is 4.83. The second kappa shape index (κ2) is 6.77. The quantitative estimate of drug-likeness (QED) is 0.370. The molecule has 0 saturated carbocycles. The van der Waals surface area contributed by atoms with Crippen molar-refractivity contribution < 1.29 is 0 Å². The molecule has 4 aromatic rings. The Morgan fingerprint density at radius 1 is 0.846 bits per heavy atom. The Morgan fingerprint density at radius 3 is 2.31 bits per heavy atom. The van der Waals surface area contributed by atoms with Crippen LogP contribution >= 0.6 is 15.9 Å². The minimum Gasteiger partial charge on any atom is -0.292 e. The van der Waals surface area contributed by atoms with Crippen LogP contribution in [0.4, 0.5) is 0 Å². The van der Waals surface area contributed by atoms with Crippen LogP contribution in [0.15, 0.2) is 84.4 Å². The van der Waals surface area contributed by atoms with Gasteiger partial charge in [0.2, 0.25) is 0 Å². The highest BCUT2D eigenvalue weighted by Gasteiger charge is 2.16. The zero-order valence-corrected chi connectivity index (χ0v) is 15.8. The second-order valence-electron chi connectivity index (χ2n) is 5.99. The molecule has 0 saturated heterocycles. The van der Waals surface area contributed by atoms with E-state index in [1.165, 1.54) is 10.8 Å². The number of benzene rings is 3. The first-order valence-electron chi connectivity index (χ1n) is 8.34. The maximum Gasteiger partial charge on any atom is 0.145 e. The normalized spacial score (nSPS) is 10.8. The topological polar surface area (TPSA) is 17.8 Å². The van der Waals surface area contributed by atoms with Gasteiger partial charge < -0.3 is 0 Å². The summed E-state index contributed by atoms with van der Waals surface area (Å²) in [6, 6.07) is 22.9. The summed E-state index contributed by atoms with van der Waals surface area (Å²) in [5.41, 5.74) is 3.88. The summed E-state index contributed by atoms with van der Waals surface area (Å²) in [5, 5.41) is 2.36. The van der Waals surface area contributed by atoms with Gasteiger partial charge in [-0.15, -0.1) is 0 Å². The number of para-hydroxylation sites is 1. The fourth-order valence-electron chi connectivity index (χ4n) is 3.18. The highest BCUT2D eigenvalue weighted by Crippen LogP contribution is 2.31. The van der Waals surface area contributed by atoms with Crippen molar-refractivity contribution in [1.82, 2.24) is 9.55 Å². The van der Waals surface area contributed by atoms with Crippen molar-refractivity contribution in [3.63, 3.8) is 0 Å². The largest absolute Gasteiger partial charge is 0.292 e. The van der Waals surface area contributed by atoms with E-state index in [9.17, 15) is 0 Å². The van der Waals surface area contributed by atoms with Gasteiger partial charge in [0.1, 0.15) is 5.82 Å². The number of nitrogens with zero attached hydrogens (tertiary/aromatic N) is 2. The molecule has 0 aliphatic heterocycles. The van der Waals surface area contributed by atoms with Crippen LogP contribution in [0, 0.1) is 0 Å². The minimum atomic E-state index is 0.828. The van der Waals surface area contributed by atoms with E-state index >= 15 is 0 Å². The second-order valence-corrected chi connectivity index (χ2v) is 6.91. The van der Waals surface area contributed by atoms with Crippen molar-refractivity contribution in [3.8, 4) is 17.1 Å². The molecule has 2 nitrogen and oxygen atoms in total. The molecule has 126 valence electrons. The molecule has 0 aliphatic carbocycles.